The largest absolute Gasteiger partial charge is 0.0961 e. The first-order chi connectivity index (χ1) is 35.7. The van der Waals surface area contributed by atoms with Gasteiger partial charge in [0.1, 0.15) is 0 Å². The summed E-state index contributed by atoms with van der Waals surface area (Å²) in [5.41, 5.74) is 7.34. The molecule has 0 heterocycles. The lowest BCUT2D eigenvalue weighted by Gasteiger charge is -2.52. The molecule has 0 saturated heterocycles. The molecule has 8 rings (SSSR count). The third kappa shape index (κ3) is 14.4. The molecule has 4 atom stereocenters. The Kier molecular flexibility index (Phi) is 20.8. The average Bonchev–Trinajstić information content (AvgIpc) is 3.39. The zero-order valence-corrected chi connectivity index (χ0v) is 47.5. The van der Waals surface area contributed by atoms with Crippen LogP contribution < -0.4 is 10.4 Å². The summed E-state index contributed by atoms with van der Waals surface area (Å²) in [7, 11) is 0. The quantitative estimate of drug-likeness (QED) is 0.0261. The van der Waals surface area contributed by atoms with Crippen molar-refractivity contribution in [3.8, 4) is 0 Å². The van der Waals surface area contributed by atoms with Gasteiger partial charge in [-0.05, 0) is 190 Å². The number of fused-ring (bicyclic) bond motifs is 1. The number of unbranched alkanes of at least 4 members (excludes halogenated alkanes) is 18. The van der Waals surface area contributed by atoms with Crippen LogP contribution in [0.15, 0.2) is 97.1 Å². The Bertz CT molecular complexity index is 2780. The molecule has 0 bridgehead atoms. The van der Waals surface area contributed by atoms with E-state index in [-0.39, 0.29) is 0 Å². The van der Waals surface area contributed by atoms with Crippen molar-refractivity contribution in [1.82, 2.24) is 0 Å². The van der Waals surface area contributed by atoms with Crippen LogP contribution in [0.1, 0.15) is 242 Å². The van der Waals surface area contributed by atoms with Gasteiger partial charge >= 0.3 is 0 Å². The topological polar surface area (TPSA) is 0 Å². The first-order valence-electron chi connectivity index (χ1n) is 30.9. The van der Waals surface area contributed by atoms with Gasteiger partial charge in [0.2, 0.25) is 0 Å². The van der Waals surface area contributed by atoms with Crippen molar-refractivity contribution in [3.05, 3.63) is 130 Å². The van der Waals surface area contributed by atoms with Gasteiger partial charge in [0.05, 0.1) is 0 Å². The van der Waals surface area contributed by atoms with E-state index in [0.29, 0.717) is 17.3 Å². The number of benzene rings is 6. The minimum Gasteiger partial charge on any atom is -0.0961 e. The molecule has 2 aliphatic carbocycles. The predicted octanol–water partition coefficient (Wildman–Crippen LogP) is 21.7. The van der Waals surface area contributed by atoms with Crippen molar-refractivity contribution in [2.24, 2.45) is 23.2 Å². The van der Waals surface area contributed by atoms with Gasteiger partial charge in [-0.1, -0.05) is 258 Å². The van der Waals surface area contributed by atoms with E-state index in [9.17, 15) is 0 Å². The average molecular weight is 978 g/mol. The van der Waals surface area contributed by atoms with Crippen LogP contribution in [0.25, 0.3) is 55.2 Å². The highest BCUT2D eigenvalue weighted by molar-refractivity contribution is 6.24. The molecule has 6 aromatic rings. The minimum absolute atomic E-state index is 0.417. The maximum absolute atomic E-state index is 4.12. The number of hydrogen-bond acceptors (Lipinski definition) is 0. The maximum Gasteiger partial charge on any atom is -0.00213 e. The normalized spacial score (nSPS) is 19.5. The molecule has 2 fully saturated rings. The van der Waals surface area contributed by atoms with E-state index in [1.54, 1.807) is 10.9 Å². The zero-order chi connectivity index (χ0) is 51.0. The molecule has 2 aliphatic rings. The number of rotatable bonds is 28. The maximum atomic E-state index is 4.12. The van der Waals surface area contributed by atoms with Crippen molar-refractivity contribution in [1.29, 1.82) is 0 Å². The number of hydrogen-bond donors (Lipinski definition) is 0. The summed E-state index contributed by atoms with van der Waals surface area (Å²) in [4.78, 5) is 0. The van der Waals surface area contributed by atoms with Crippen LogP contribution in [0.3, 0.4) is 0 Å². The monoisotopic (exact) mass is 977 g/mol. The summed E-state index contributed by atoms with van der Waals surface area (Å²) < 4.78 is 0. The van der Waals surface area contributed by atoms with Gasteiger partial charge in [-0.3, -0.25) is 0 Å². The van der Waals surface area contributed by atoms with Gasteiger partial charge < -0.3 is 0 Å². The van der Waals surface area contributed by atoms with Crippen molar-refractivity contribution in [3.63, 3.8) is 0 Å². The van der Waals surface area contributed by atoms with Crippen LogP contribution in [0.5, 0.6) is 0 Å². The second kappa shape index (κ2) is 27.6. The fourth-order valence-electron chi connectivity index (χ4n) is 15.1. The van der Waals surface area contributed by atoms with E-state index in [2.05, 4.69) is 145 Å². The molecule has 0 amide bonds. The Morgan fingerprint density at radius 3 is 1.68 bits per heavy atom. The van der Waals surface area contributed by atoms with E-state index < -0.39 is 0 Å². The molecule has 1 unspecified atom stereocenters. The Morgan fingerprint density at radius 2 is 1.07 bits per heavy atom. The molecule has 0 radical (unpaired) electrons. The van der Waals surface area contributed by atoms with Crippen molar-refractivity contribution < 1.29 is 0 Å². The van der Waals surface area contributed by atoms with E-state index in [4.69, 9.17) is 0 Å². The highest BCUT2D eigenvalue weighted by Crippen LogP contribution is 2.58. The van der Waals surface area contributed by atoms with Gasteiger partial charge in [-0.25, -0.2) is 0 Å². The lowest BCUT2D eigenvalue weighted by Crippen LogP contribution is -2.42. The van der Waals surface area contributed by atoms with Gasteiger partial charge in [0.15, 0.2) is 0 Å². The van der Waals surface area contributed by atoms with Crippen LogP contribution in [-0.2, 0) is 0 Å². The summed E-state index contributed by atoms with van der Waals surface area (Å²) in [6, 6.07) is 29.4. The summed E-state index contributed by atoms with van der Waals surface area (Å²) in [5, 5.41) is 14.3. The molecule has 0 spiro atoms. The second-order valence-corrected chi connectivity index (χ2v) is 24.6. The van der Waals surface area contributed by atoms with Gasteiger partial charge in [-0.2, -0.15) is 0 Å². The standard InChI is InChI=1S/C73H100/c1-8-10-12-14-16-18-20-22-24-26-43-73(44-27-25-23-21-19-17-15-13-11-9-2,65-35-29-32-58(51-65)50-59-37-38-62-46-55(5)45-60(69(62)52-59)33-28-31-54(3)4)66-36-30-34-61(53-66)70-49-57(7)67-41-39-63-47-56(6)48-64-40-42-68(70)72(67)71(63)64/h28,31,33,37-42,45-50,52,58,61,65-66H,3,8-27,29-30,32,34-36,43-44,51,53H2,1-2,4-7H3/b31-28+,59-50+,60-33-/t58-,61?,65-,66+/m1/s1. The zero-order valence-electron chi connectivity index (χ0n) is 47.5. The van der Waals surface area contributed by atoms with Gasteiger partial charge in [0, 0.05) is 0 Å². The molecule has 0 aromatic heterocycles. The summed E-state index contributed by atoms with van der Waals surface area (Å²) >= 11 is 0. The smallest absolute Gasteiger partial charge is 0.00213 e. The lowest BCUT2D eigenvalue weighted by atomic mass is 9.53. The predicted molar refractivity (Wildman–Crippen MR) is 326 cm³/mol. The molecule has 2 saturated carbocycles. The molecule has 392 valence electrons. The van der Waals surface area contributed by atoms with Crippen molar-refractivity contribution in [2.75, 3.05) is 0 Å². The van der Waals surface area contributed by atoms with Gasteiger partial charge in [0.25, 0.3) is 0 Å². The van der Waals surface area contributed by atoms with Crippen LogP contribution in [0.4, 0.5) is 0 Å². The third-order valence-corrected chi connectivity index (χ3v) is 18.8. The highest BCUT2D eigenvalue weighted by atomic mass is 14.5. The molecule has 0 aliphatic heterocycles. The summed E-state index contributed by atoms with van der Waals surface area (Å²) in [6.45, 7) is 17.8. The van der Waals surface area contributed by atoms with Crippen LogP contribution in [-0.4, -0.2) is 0 Å². The molecule has 0 heteroatoms. The Hall–Kier alpha value is -4.16. The summed E-state index contributed by atoms with van der Waals surface area (Å²) in [5.74, 6) is 2.87. The highest BCUT2D eigenvalue weighted by Gasteiger charge is 2.47. The molecule has 0 N–H and O–H groups in total. The fourth-order valence-corrected chi connectivity index (χ4v) is 15.1. The molecular weight excluding hydrogens is 877 g/mol. The molecular formula is C73H100. The first-order valence-corrected chi connectivity index (χ1v) is 30.9. The fraction of sp³-hybridized carbons (Fsp3) is 0.562. The second-order valence-electron chi connectivity index (χ2n) is 24.6. The van der Waals surface area contributed by atoms with E-state index >= 15 is 0 Å². The van der Waals surface area contributed by atoms with E-state index in [1.807, 2.05) is 0 Å². The lowest BCUT2D eigenvalue weighted by molar-refractivity contribution is -0.00885. The molecule has 73 heavy (non-hydrogen) atoms. The van der Waals surface area contributed by atoms with Crippen LogP contribution in [0, 0.1) is 43.9 Å². The number of allylic oxidation sites excluding steroid dienone is 3. The van der Waals surface area contributed by atoms with Crippen LogP contribution in [0.2, 0.25) is 0 Å². The number of aryl methyl sites for hydroxylation is 3. The first kappa shape index (κ1) is 55.1. The third-order valence-electron chi connectivity index (χ3n) is 18.8. The Balaban J connectivity index is 1.11. The molecule has 0 nitrogen and oxygen atoms in total. The Morgan fingerprint density at radius 1 is 0.534 bits per heavy atom. The van der Waals surface area contributed by atoms with Crippen molar-refractivity contribution in [2.45, 2.75) is 240 Å². The minimum atomic E-state index is 0.417. The SMILES string of the molecule is C=C(C)/C=C/C=c1/cc(C)cc2cc/c(=C\[C@H]3CCC[C@@H](C(CCCCCCCCCCCC)(CCCCCCCCCCCC)[C@H]4CCCC(c5cc(C)c6ccc7cc(C)cc8ccc5c6c78)C4)C3)cc12. The van der Waals surface area contributed by atoms with E-state index in [1.165, 1.54) is 257 Å². The van der Waals surface area contributed by atoms with Crippen LogP contribution >= 0.6 is 0 Å². The Labute approximate surface area is 446 Å². The summed E-state index contributed by atoms with van der Waals surface area (Å²) in [6.07, 6.45) is 51.8. The van der Waals surface area contributed by atoms with Gasteiger partial charge in [-0.15, -0.1) is 0 Å². The van der Waals surface area contributed by atoms with E-state index in [0.717, 1.165) is 17.4 Å². The molecule has 6 aromatic carbocycles. The van der Waals surface area contributed by atoms with Crippen molar-refractivity contribution >= 4 is 55.2 Å².